The van der Waals surface area contributed by atoms with Crippen LogP contribution in [0, 0.1) is 6.92 Å². The summed E-state index contributed by atoms with van der Waals surface area (Å²) < 4.78 is 6.06. The van der Waals surface area contributed by atoms with Gasteiger partial charge >= 0.3 is 0 Å². The van der Waals surface area contributed by atoms with Crippen LogP contribution in [0.2, 0.25) is 0 Å². The Morgan fingerprint density at radius 2 is 1.64 bits per heavy atom. The van der Waals surface area contributed by atoms with E-state index in [0.29, 0.717) is 19.4 Å². The summed E-state index contributed by atoms with van der Waals surface area (Å²) in [5.74, 6) is 1.60. The van der Waals surface area contributed by atoms with E-state index >= 15 is 0 Å². The van der Waals surface area contributed by atoms with Crippen LogP contribution in [0.25, 0.3) is 17.2 Å². The van der Waals surface area contributed by atoms with Crippen LogP contribution in [0.15, 0.2) is 77.4 Å². The standard InChI is InChI=1S/C31H31N3O2/c1-22-5-9-24(10-6-22)25-11-14-29-27(20-25)21-26(15-18-36-29)31(35)34-28-12-7-23(8-13-28)19-30(34)32-33-16-3-2-4-17-33/h5-14,20-21H,2-4,15-19H2,1H3/b32-30+. The highest BCUT2D eigenvalue weighted by Gasteiger charge is 2.29. The summed E-state index contributed by atoms with van der Waals surface area (Å²) in [5, 5.41) is 7.13. The smallest absolute Gasteiger partial charge is 0.259 e. The van der Waals surface area contributed by atoms with Gasteiger partial charge in [-0.25, -0.2) is 0 Å². The Kier molecular flexibility index (Phi) is 6.06. The van der Waals surface area contributed by atoms with Gasteiger partial charge in [0.05, 0.1) is 12.3 Å². The number of ether oxygens (including phenoxy) is 1. The van der Waals surface area contributed by atoms with E-state index in [4.69, 9.17) is 9.84 Å². The molecule has 4 heterocycles. The highest BCUT2D eigenvalue weighted by molar-refractivity contribution is 6.24. The van der Waals surface area contributed by atoms with Crippen LogP contribution in [0.4, 0.5) is 5.69 Å². The molecule has 5 nitrogen and oxygen atoms in total. The van der Waals surface area contributed by atoms with Crippen molar-refractivity contribution in [2.45, 2.75) is 39.0 Å². The molecule has 0 aliphatic carbocycles. The van der Waals surface area contributed by atoms with Gasteiger partial charge in [-0.2, -0.15) is 5.10 Å². The first kappa shape index (κ1) is 22.6. The van der Waals surface area contributed by atoms with Crippen LogP contribution >= 0.6 is 0 Å². The fourth-order valence-electron chi connectivity index (χ4n) is 5.19. The van der Waals surface area contributed by atoms with Crippen molar-refractivity contribution in [1.29, 1.82) is 0 Å². The van der Waals surface area contributed by atoms with E-state index in [2.05, 4.69) is 60.5 Å². The van der Waals surface area contributed by atoms with Gasteiger partial charge in [0.2, 0.25) is 0 Å². The van der Waals surface area contributed by atoms with Crippen molar-refractivity contribution in [3.05, 3.63) is 89.0 Å². The van der Waals surface area contributed by atoms with Gasteiger partial charge in [0.15, 0.2) is 0 Å². The number of nitrogens with zero attached hydrogens (tertiary/aromatic N) is 3. The van der Waals surface area contributed by atoms with E-state index in [1.165, 1.54) is 17.5 Å². The number of hydrazone groups is 1. The third-order valence-electron chi connectivity index (χ3n) is 7.24. The lowest BCUT2D eigenvalue weighted by molar-refractivity contribution is -0.114. The Morgan fingerprint density at radius 3 is 2.42 bits per heavy atom. The van der Waals surface area contributed by atoms with Gasteiger partial charge in [-0.15, -0.1) is 0 Å². The molecule has 0 N–H and O–H groups in total. The second-order valence-electron chi connectivity index (χ2n) is 9.90. The van der Waals surface area contributed by atoms with Gasteiger partial charge in [-0.1, -0.05) is 48.0 Å². The molecule has 0 saturated carbocycles. The maximum Gasteiger partial charge on any atom is 0.259 e. The largest absolute Gasteiger partial charge is 0.493 e. The van der Waals surface area contributed by atoms with Crippen molar-refractivity contribution in [3.63, 3.8) is 0 Å². The molecule has 3 aromatic carbocycles. The molecule has 0 atom stereocenters. The van der Waals surface area contributed by atoms with Gasteiger partial charge in [-0.05, 0) is 73.2 Å². The van der Waals surface area contributed by atoms with E-state index in [1.807, 2.05) is 29.2 Å². The Bertz CT molecular complexity index is 1330. The van der Waals surface area contributed by atoms with Crippen molar-refractivity contribution >= 4 is 23.5 Å². The lowest BCUT2D eigenvalue weighted by Gasteiger charge is -2.28. The second-order valence-corrected chi connectivity index (χ2v) is 9.90. The van der Waals surface area contributed by atoms with E-state index in [-0.39, 0.29) is 5.91 Å². The molecular weight excluding hydrogens is 446 g/mol. The first-order chi connectivity index (χ1) is 17.6. The summed E-state index contributed by atoms with van der Waals surface area (Å²) in [4.78, 5) is 15.9. The molecule has 4 aliphatic rings. The lowest BCUT2D eigenvalue weighted by Crippen LogP contribution is -2.40. The summed E-state index contributed by atoms with van der Waals surface area (Å²) in [6.45, 7) is 4.46. The number of amides is 1. The predicted octanol–water partition coefficient (Wildman–Crippen LogP) is 6.22. The van der Waals surface area contributed by atoms with E-state index in [9.17, 15) is 4.79 Å². The summed E-state index contributed by atoms with van der Waals surface area (Å²) in [6.07, 6.45) is 6.76. The molecule has 7 rings (SSSR count). The molecule has 182 valence electrons. The predicted molar refractivity (Wildman–Crippen MR) is 145 cm³/mol. The van der Waals surface area contributed by atoms with Crippen LogP contribution in [0.3, 0.4) is 0 Å². The SMILES string of the molecule is Cc1ccc(-c2ccc3c(c2)C=C(C(=O)N2/C(=N/N4CCCCC4)Cc4ccc2cc4)CCO3)cc1. The highest BCUT2D eigenvalue weighted by Crippen LogP contribution is 2.33. The molecule has 0 spiro atoms. The average Bonchev–Trinajstić information content (AvgIpc) is 3.30. The van der Waals surface area contributed by atoms with Crippen molar-refractivity contribution < 1.29 is 9.53 Å². The Balaban J connectivity index is 1.36. The molecule has 1 amide bonds. The number of anilines is 1. The molecular formula is C31H31N3O2. The molecule has 4 aliphatic heterocycles. The minimum atomic E-state index is -0.0181. The highest BCUT2D eigenvalue weighted by atomic mass is 16.5. The number of hydrogen-bond donors (Lipinski definition) is 0. The van der Waals surface area contributed by atoms with Crippen LogP contribution in [-0.4, -0.2) is 36.4 Å². The molecule has 1 fully saturated rings. The molecule has 0 radical (unpaired) electrons. The van der Waals surface area contributed by atoms with Gasteiger partial charge in [0.1, 0.15) is 11.6 Å². The van der Waals surface area contributed by atoms with Gasteiger partial charge in [-0.3, -0.25) is 14.7 Å². The number of benzene rings is 3. The number of aryl methyl sites for hydroxylation is 1. The molecule has 2 bridgehead atoms. The number of rotatable bonds is 3. The topological polar surface area (TPSA) is 45.1 Å². The Morgan fingerprint density at radius 1 is 0.889 bits per heavy atom. The number of hydrogen-bond acceptors (Lipinski definition) is 4. The molecule has 0 aromatic heterocycles. The summed E-state index contributed by atoms with van der Waals surface area (Å²) >= 11 is 0. The molecule has 36 heavy (non-hydrogen) atoms. The summed E-state index contributed by atoms with van der Waals surface area (Å²) in [5.41, 5.74) is 7.22. The minimum Gasteiger partial charge on any atom is -0.493 e. The third-order valence-corrected chi connectivity index (χ3v) is 7.24. The number of piperidine rings is 1. The van der Waals surface area contributed by atoms with Gasteiger partial charge in [0, 0.05) is 37.1 Å². The van der Waals surface area contributed by atoms with Crippen LogP contribution in [0.1, 0.15) is 42.4 Å². The van der Waals surface area contributed by atoms with Crippen molar-refractivity contribution in [2.24, 2.45) is 5.10 Å². The quantitative estimate of drug-likeness (QED) is 0.450. The maximum atomic E-state index is 14.1. The zero-order chi connectivity index (χ0) is 24.5. The minimum absolute atomic E-state index is 0.0181. The lowest BCUT2D eigenvalue weighted by atomic mass is 10.00. The molecule has 0 unspecified atom stereocenters. The van der Waals surface area contributed by atoms with Gasteiger partial charge in [0.25, 0.3) is 5.91 Å². The monoisotopic (exact) mass is 477 g/mol. The summed E-state index contributed by atoms with van der Waals surface area (Å²) in [6, 6.07) is 23.0. The average molecular weight is 478 g/mol. The third kappa shape index (κ3) is 4.53. The maximum absolute atomic E-state index is 14.1. The molecule has 3 aromatic rings. The van der Waals surface area contributed by atoms with E-state index in [0.717, 1.165) is 65.5 Å². The Labute approximate surface area is 212 Å². The Hall–Kier alpha value is -3.86. The fraction of sp³-hybridized carbons (Fsp3) is 0.290. The van der Waals surface area contributed by atoms with Crippen LogP contribution < -0.4 is 9.64 Å². The molecule has 5 heteroatoms. The van der Waals surface area contributed by atoms with Crippen molar-refractivity contribution in [1.82, 2.24) is 5.01 Å². The fourth-order valence-corrected chi connectivity index (χ4v) is 5.19. The zero-order valence-electron chi connectivity index (χ0n) is 20.7. The van der Waals surface area contributed by atoms with Crippen LogP contribution in [0.5, 0.6) is 5.75 Å². The number of amidine groups is 1. The van der Waals surface area contributed by atoms with Crippen molar-refractivity contribution in [3.8, 4) is 16.9 Å². The first-order valence-corrected chi connectivity index (χ1v) is 12.9. The van der Waals surface area contributed by atoms with E-state index in [1.54, 1.807) is 0 Å². The number of fused-ring (bicyclic) bond motifs is 5. The normalized spacial score (nSPS) is 18.2. The molecule has 1 saturated heterocycles. The van der Waals surface area contributed by atoms with E-state index < -0.39 is 0 Å². The van der Waals surface area contributed by atoms with Gasteiger partial charge < -0.3 is 4.74 Å². The second kappa shape index (κ2) is 9.65. The van der Waals surface area contributed by atoms with Crippen LogP contribution in [-0.2, 0) is 11.2 Å². The summed E-state index contributed by atoms with van der Waals surface area (Å²) in [7, 11) is 0. The van der Waals surface area contributed by atoms with Crippen molar-refractivity contribution in [2.75, 3.05) is 24.6 Å². The first-order valence-electron chi connectivity index (χ1n) is 12.9. The number of carbonyl (C=O) groups excluding carboxylic acids is 1. The number of carbonyl (C=O) groups is 1. The zero-order valence-corrected chi connectivity index (χ0v) is 20.7.